The zero-order valence-corrected chi connectivity index (χ0v) is 14.3. The average Bonchev–Trinajstić information content (AvgIpc) is 3.08. The molecule has 0 atom stereocenters. The molecule has 2 amide bonds. The van der Waals surface area contributed by atoms with E-state index in [1.807, 2.05) is 42.5 Å². The average molecular weight is 356 g/mol. The zero-order chi connectivity index (χ0) is 18.8. The van der Waals surface area contributed by atoms with Crippen LogP contribution in [-0.2, 0) is 0 Å². The highest BCUT2D eigenvalue weighted by atomic mass is 16.3. The van der Waals surface area contributed by atoms with Gasteiger partial charge in [-0.25, -0.2) is 0 Å². The molecule has 3 N–H and O–H groups in total. The van der Waals surface area contributed by atoms with E-state index < -0.39 is 5.91 Å². The van der Waals surface area contributed by atoms with Gasteiger partial charge in [0.2, 0.25) is 5.76 Å². The first-order valence-electron chi connectivity index (χ1n) is 8.41. The molecule has 4 rings (SSSR count). The largest absolute Gasteiger partial charge is 0.449 e. The summed E-state index contributed by atoms with van der Waals surface area (Å²) in [7, 11) is 0. The summed E-state index contributed by atoms with van der Waals surface area (Å²) >= 11 is 0. The molecule has 5 heteroatoms. The number of primary amides is 1. The lowest BCUT2D eigenvalue weighted by Gasteiger charge is -2.06. The van der Waals surface area contributed by atoms with E-state index in [-0.39, 0.29) is 17.4 Å². The summed E-state index contributed by atoms with van der Waals surface area (Å²) in [6.07, 6.45) is 0. The molecule has 0 aliphatic carbocycles. The van der Waals surface area contributed by atoms with Crippen LogP contribution in [0.4, 0.5) is 5.69 Å². The minimum Gasteiger partial charge on any atom is -0.449 e. The van der Waals surface area contributed by atoms with Gasteiger partial charge in [-0.1, -0.05) is 54.6 Å². The summed E-state index contributed by atoms with van der Waals surface area (Å²) in [5.41, 5.74) is 8.72. The number of nitrogens with one attached hydrogen (secondary N) is 1. The van der Waals surface area contributed by atoms with E-state index in [1.165, 1.54) is 0 Å². The maximum absolute atomic E-state index is 12.7. The Labute approximate surface area is 155 Å². The molecule has 3 aromatic carbocycles. The molecule has 1 aromatic heterocycles. The van der Waals surface area contributed by atoms with Crippen molar-refractivity contribution in [1.82, 2.24) is 0 Å². The van der Waals surface area contributed by atoms with Crippen molar-refractivity contribution >= 4 is 28.5 Å². The first-order valence-corrected chi connectivity index (χ1v) is 8.41. The highest BCUT2D eigenvalue weighted by Crippen LogP contribution is 2.31. The number of nitrogens with two attached hydrogens (primary N) is 1. The van der Waals surface area contributed by atoms with Crippen LogP contribution in [0, 0.1) is 0 Å². The number of para-hydroxylation sites is 1. The lowest BCUT2D eigenvalue weighted by atomic mass is 10.0. The molecule has 0 unspecified atom stereocenters. The minimum atomic E-state index is -0.735. The third-order valence-corrected chi connectivity index (χ3v) is 4.31. The van der Waals surface area contributed by atoms with Gasteiger partial charge < -0.3 is 15.5 Å². The van der Waals surface area contributed by atoms with Gasteiger partial charge in [-0.3, -0.25) is 9.59 Å². The van der Waals surface area contributed by atoms with E-state index in [2.05, 4.69) is 5.32 Å². The molecule has 1 heterocycles. The number of anilines is 1. The molecule has 0 bridgehead atoms. The molecule has 0 aliphatic rings. The summed E-state index contributed by atoms with van der Waals surface area (Å²) in [6.45, 7) is 0. The highest BCUT2D eigenvalue weighted by molar-refractivity contribution is 6.14. The van der Waals surface area contributed by atoms with Crippen LogP contribution in [0.5, 0.6) is 0 Å². The molecule has 27 heavy (non-hydrogen) atoms. The third kappa shape index (κ3) is 3.18. The second-order valence-corrected chi connectivity index (χ2v) is 6.06. The number of amides is 2. The fourth-order valence-electron chi connectivity index (χ4n) is 2.97. The lowest BCUT2D eigenvalue weighted by molar-refractivity contribution is 0.0977. The van der Waals surface area contributed by atoms with Crippen LogP contribution in [0.3, 0.4) is 0 Å². The van der Waals surface area contributed by atoms with Crippen LogP contribution in [0.1, 0.15) is 20.9 Å². The van der Waals surface area contributed by atoms with Crippen molar-refractivity contribution in [2.45, 2.75) is 0 Å². The summed E-state index contributed by atoms with van der Waals surface area (Å²) in [5.74, 6) is -1.14. The predicted octanol–water partition coefficient (Wildman–Crippen LogP) is 4.45. The smallest absolute Gasteiger partial charge is 0.286 e. The number of hydrogen-bond acceptors (Lipinski definition) is 3. The molecule has 5 nitrogen and oxygen atoms in total. The normalized spacial score (nSPS) is 10.7. The number of benzene rings is 3. The summed E-state index contributed by atoms with van der Waals surface area (Å²) in [4.78, 5) is 24.4. The fraction of sp³-hybridized carbons (Fsp3) is 0. The van der Waals surface area contributed by atoms with Crippen molar-refractivity contribution in [2.24, 2.45) is 5.73 Å². The number of furan rings is 1. The number of rotatable bonds is 4. The van der Waals surface area contributed by atoms with Gasteiger partial charge in [-0.05, 0) is 35.4 Å². The van der Waals surface area contributed by atoms with Crippen molar-refractivity contribution in [2.75, 3.05) is 5.32 Å². The molecule has 0 saturated carbocycles. The van der Waals surface area contributed by atoms with Gasteiger partial charge in [0.15, 0.2) is 0 Å². The second kappa shape index (κ2) is 6.80. The van der Waals surface area contributed by atoms with Crippen molar-refractivity contribution in [3.8, 4) is 11.1 Å². The van der Waals surface area contributed by atoms with Gasteiger partial charge in [0.25, 0.3) is 11.8 Å². The SMILES string of the molecule is NC(=O)c1oc2ccccc2c1NC(=O)c1ccc(-c2ccccc2)cc1. The standard InChI is InChI=1S/C22H16N2O3/c23-21(25)20-19(17-8-4-5-9-18(17)27-20)24-22(26)16-12-10-15(11-13-16)14-6-2-1-3-7-14/h1-13H,(H2,23,25)(H,24,26). The van der Waals surface area contributed by atoms with Crippen LogP contribution in [0.15, 0.2) is 83.3 Å². The number of fused-ring (bicyclic) bond motifs is 1. The molecular formula is C22H16N2O3. The van der Waals surface area contributed by atoms with Gasteiger partial charge in [0, 0.05) is 10.9 Å². The third-order valence-electron chi connectivity index (χ3n) is 4.31. The van der Waals surface area contributed by atoms with Crippen molar-refractivity contribution in [1.29, 1.82) is 0 Å². The molecule has 0 fully saturated rings. The molecule has 0 spiro atoms. The quantitative estimate of drug-likeness (QED) is 0.566. The first-order chi connectivity index (χ1) is 13.1. The van der Waals surface area contributed by atoms with Gasteiger partial charge in [0.05, 0.1) is 0 Å². The monoisotopic (exact) mass is 356 g/mol. The van der Waals surface area contributed by atoms with Gasteiger partial charge in [0.1, 0.15) is 11.3 Å². The van der Waals surface area contributed by atoms with Crippen LogP contribution >= 0.6 is 0 Å². The van der Waals surface area contributed by atoms with Gasteiger partial charge in [-0.2, -0.15) is 0 Å². The molecular weight excluding hydrogens is 340 g/mol. The molecule has 0 aliphatic heterocycles. The lowest BCUT2D eigenvalue weighted by Crippen LogP contribution is -2.17. The highest BCUT2D eigenvalue weighted by Gasteiger charge is 2.20. The van der Waals surface area contributed by atoms with Crippen molar-refractivity contribution < 1.29 is 14.0 Å². The maximum Gasteiger partial charge on any atom is 0.286 e. The Hall–Kier alpha value is -3.86. The van der Waals surface area contributed by atoms with Gasteiger partial charge in [-0.15, -0.1) is 0 Å². The van der Waals surface area contributed by atoms with E-state index >= 15 is 0 Å². The Kier molecular flexibility index (Phi) is 4.18. The van der Waals surface area contributed by atoms with E-state index in [1.54, 1.807) is 36.4 Å². The summed E-state index contributed by atoms with van der Waals surface area (Å²) in [5, 5.41) is 3.38. The molecule has 132 valence electrons. The fourth-order valence-corrected chi connectivity index (χ4v) is 2.97. The Morgan fingerprint density at radius 3 is 2.11 bits per heavy atom. The Morgan fingerprint density at radius 1 is 0.778 bits per heavy atom. The summed E-state index contributed by atoms with van der Waals surface area (Å²) in [6, 6.07) is 24.2. The number of carbonyl (C=O) groups is 2. The van der Waals surface area contributed by atoms with Crippen molar-refractivity contribution in [3.05, 3.63) is 90.2 Å². The minimum absolute atomic E-state index is 0.0644. The first kappa shape index (κ1) is 16.6. The second-order valence-electron chi connectivity index (χ2n) is 6.06. The van der Waals surface area contributed by atoms with Crippen molar-refractivity contribution in [3.63, 3.8) is 0 Å². The van der Waals surface area contributed by atoms with Crippen LogP contribution < -0.4 is 11.1 Å². The Bertz CT molecular complexity index is 1130. The predicted molar refractivity (Wildman–Crippen MR) is 105 cm³/mol. The molecule has 0 saturated heterocycles. The summed E-state index contributed by atoms with van der Waals surface area (Å²) < 4.78 is 5.49. The topological polar surface area (TPSA) is 85.3 Å². The van der Waals surface area contributed by atoms with E-state index in [0.717, 1.165) is 11.1 Å². The van der Waals surface area contributed by atoms with Crippen LogP contribution in [0.2, 0.25) is 0 Å². The van der Waals surface area contributed by atoms with E-state index in [0.29, 0.717) is 16.5 Å². The number of carbonyl (C=O) groups excluding carboxylic acids is 2. The van der Waals surface area contributed by atoms with E-state index in [9.17, 15) is 9.59 Å². The Morgan fingerprint density at radius 2 is 1.41 bits per heavy atom. The van der Waals surface area contributed by atoms with Gasteiger partial charge >= 0.3 is 0 Å². The zero-order valence-electron chi connectivity index (χ0n) is 14.3. The molecule has 4 aromatic rings. The Balaban J connectivity index is 1.64. The van der Waals surface area contributed by atoms with Crippen LogP contribution in [-0.4, -0.2) is 11.8 Å². The maximum atomic E-state index is 12.7. The number of hydrogen-bond donors (Lipinski definition) is 2. The molecule has 0 radical (unpaired) electrons. The van der Waals surface area contributed by atoms with E-state index in [4.69, 9.17) is 10.2 Å². The van der Waals surface area contributed by atoms with Crippen LogP contribution in [0.25, 0.3) is 22.1 Å².